The number of aryl methyl sites for hydroxylation is 1. The molecule has 0 spiro atoms. The number of rotatable bonds is 5. The number of H-pyrrole nitrogens is 1. The van der Waals surface area contributed by atoms with Crippen LogP contribution in [-0.4, -0.2) is 25.3 Å². The van der Waals surface area contributed by atoms with E-state index in [1.807, 2.05) is 26.0 Å². The summed E-state index contributed by atoms with van der Waals surface area (Å²) in [7, 11) is 0. The molecule has 128 valence electrons. The van der Waals surface area contributed by atoms with Crippen molar-refractivity contribution in [1.82, 2.24) is 30.6 Å². The minimum absolute atomic E-state index is 0.00329. The van der Waals surface area contributed by atoms with Gasteiger partial charge in [0.2, 0.25) is 11.7 Å². The van der Waals surface area contributed by atoms with E-state index < -0.39 is 0 Å². The summed E-state index contributed by atoms with van der Waals surface area (Å²) >= 11 is 0. The molecule has 3 aromatic rings. The quantitative estimate of drug-likeness (QED) is 0.740. The van der Waals surface area contributed by atoms with Gasteiger partial charge in [0.1, 0.15) is 17.8 Å². The van der Waals surface area contributed by atoms with Crippen LogP contribution in [0.4, 0.5) is 0 Å². The van der Waals surface area contributed by atoms with Gasteiger partial charge in [0.25, 0.3) is 0 Å². The highest BCUT2D eigenvalue weighted by molar-refractivity contribution is 5.39. The van der Waals surface area contributed by atoms with Crippen molar-refractivity contribution in [3.8, 4) is 11.6 Å². The summed E-state index contributed by atoms with van der Waals surface area (Å²) in [5.74, 6) is 3.13. The first-order valence-electron chi connectivity index (χ1n) is 7.86. The number of nitrogens with one attached hydrogen (secondary N) is 2. The van der Waals surface area contributed by atoms with Crippen LogP contribution < -0.4 is 5.32 Å². The number of aromatic nitrogens is 5. The Morgan fingerprint density at radius 1 is 1.25 bits per heavy atom. The highest BCUT2D eigenvalue weighted by Gasteiger charge is 2.33. The molecule has 0 bridgehead atoms. The Kier molecular flexibility index (Phi) is 4.23. The van der Waals surface area contributed by atoms with Gasteiger partial charge < -0.3 is 8.94 Å². The second-order valence-corrected chi connectivity index (χ2v) is 6.93. The average Bonchev–Trinajstić information content (AvgIpc) is 3.23. The maximum absolute atomic E-state index is 5.71. The summed E-state index contributed by atoms with van der Waals surface area (Å²) in [5, 5.41) is 14.1. The van der Waals surface area contributed by atoms with Crippen molar-refractivity contribution in [2.75, 3.05) is 0 Å². The molecule has 0 aliphatic carbocycles. The zero-order valence-electron chi connectivity index (χ0n) is 14.5. The first-order chi connectivity index (χ1) is 11.3. The van der Waals surface area contributed by atoms with Crippen molar-refractivity contribution < 1.29 is 8.94 Å². The monoisotopic (exact) mass is 330 g/mol. The van der Waals surface area contributed by atoms with E-state index in [-0.39, 0.29) is 17.5 Å². The fourth-order valence-electron chi connectivity index (χ4n) is 2.47. The number of hydrogen-bond acceptors (Lipinski definition) is 7. The molecule has 0 saturated heterocycles. The summed E-state index contributed by atoms with van der Waals surface area (Å²) in [6.07, 6.45) is 1.41. The topological polar surface area (TPSA) is 106 Å². The minimum atomic E-state index is -0.151. The Bertz CT molecular complexity index is 784. The molecule has 0 aromatic carbocycles. The molecule has 24 heavy (non-hydrogen) atoms. The number of hydrogen-bond donors (Lipinski definition) is 2. The molecule has 3 rings (SSSR count). The van der Waals surface area contributed by atoms with Gasteiger partial charge in [-0.3, -0.25) is 10.4 Å². The molecule has 0 saturated carbocycles. The van der Waals surface area contributed by atoms with Gasteiger partial charge >= 0.3 is 0 Å². The molecule has 3 aromatic heterocycles. The zero-order valence-corrected chi connectivity index (χ0v) is 14.5. The first-order valence-corrected chi connectivity index (χ1v) is 7.86. The maximum Gasteiger partial charge on any atom is 0.244 e. The smallest absolute Gasteiger partial charge is 0.244 e. The highest BCUT2D eigenvalue weighted by Crippen LogP contribution is 2.34. The van der Waals surface area contributed by atoms with Crippen LogP contribution in [0.25, 0.3) is 11.6 Å². The molecule has 0 aliphatic rings. The Labute approximate surface area is 140 Å². The molecule has 2 atom stereocenters. The van der Waals surface area contributed by atoms with Gasteiger partial charge in [0.05, 0.1) is 12.1 Å². The summed E-state index contributed by atoms with van der Waals surface area (Å²) < 4.78 is 11.2. The van der Waals surface area contributed by atoms with Crippen LogP contribution in [0.15, 0.2) is 27.4 Å². The number of nitrogens with zero attached hydrogens (tertiary/aromatic N) is 4. The second kappa shape index (κ2) is 6.20. The Hall–Kier alpha value is -2.48. The van der Waals surface area contributed by atoms with Crippen LogP contribution in [-0.2, 0) is 0 Å². The summed E-state index contributed by atoms with van der Waals surface area (Å²) in [5.41, 5.74) is -0.138. The summed E-state index contributed by atoms with van der Waals surface area (Å²) in [6, 6.07) is 3.78. The highest BCUT2D eigenvalue weighted by atomic mass is 16.5. The van der Waals surface area contributed by atoms with Crippen LogP contribution in [0.3, 0.4) is 0 Å². The average molecular weight is 330 g/mol. The molecule has 2 N–H and O–H groups in total. The molecule has 0 amide bonds. The third kappa shape index (κ3) is 3.38. The van der Waals surface area contributed by atoms with Gasteiger partial charge in [-0.15, -0.1) is 0 Å². The third-order valence-electron chi connectivity index (χ3n) is 3.79. The van der Waals surface area contributed by atoms with Gasteiger partial charge in [-0.05, 0) is 31.4 Å². The van der Waals surface area contributed by atoms with Crippen molar-refractivity contribution in [2.24, 2.45) is 5.41 Å². The molecule has 0 fully saturated rings. The van der Waals surface area contributed by atoms with Crippen molar-refractivity contribution in [2.45, 2.75) is 46.7 Å². The molecule has 0 aliphatic heterocycles. The Morgan fingerprint density at radius 3 is 2.62 bits per heavy atom. The van der Waals surface area contributed by atoms with E-state index >= 15 is 0 Å². The lowest BCUT2D eigenvalue weighted by atomic mass is 9.86. The predicted octanol–water partition coefficient (Wildman–Crippen LogP) is 3.19. The van der Waals surface area contributed by atoms with Gasteiger partial charge in [-0.2, -0.15) is 10.1 Å². The predicted molar refractivity (Wildman–Crippen MR) is 86.9 cm³/mol. The SMILES string of the molecule is Cc1ccc([C@H](C)N[C@H](c2nc(-c3ncn[nH]3)no2)C(C)(C)C)o1. The molecule has 8 heteroatoms. The van der Waals surface area contributed by atoms with E-state index in [1.54, 1.807) is 0 Å². The van der Waals surface area contributed by atoms with Crippen molar-refractivity contribution in [1.29, 1.82) is 0 Å². The van der Waals surface area contributed by atoms with E-state index in [9.17, 15) is 0 Å². The van der Waals surface area contributed by atoms with Gasteiger partial charge in [0.15, 0.2) is 5.82 Å². The lowest BCUT2D eigenvalue weighted by molar-refractivity contribution is 0.193. The second-order valence-electron chi connectivity index (χ2n) is 6.93. The number of furan rings is 1. The molecular formula is C16H22N6O2. The zero-order chi connectivity index (χ0) is 17.3. The normalized spacial score (nSPS) is 14.7. The molecule has 8 nitrogen and oxygen atoms in total. The van der Waals surface area contributed by atoms with Gasteiger partial charge in [-0.1, -0.05) is 25.9 Å². The van der Waals surface area contributed by atoms with Crippen LogP contribution in [0.1, 0.15) is 57.2 Å². The summed E-state index contributed by atoms with van der Waals surface area (Å²) in [6.45, 7) is 10.3. The standard InChI is InChI=1S/C16H22N6O2/c1-9-6-7-11(23-9)10(2)19-12(16(3,4)5)15-20-14(22-24-15)13-17-8-18-21-13/h6-8,10,12,19H,1-5H3,(H,17,18,21)/t10-,12+/m0/s1. The minimum Gasteiger partial charge on any atom is -0.465 e. The fourth-order valence-corrected chi connectivity index (χ4v) is 2.47. The molecule has 0 unspecified atom stereocenters. The van der Waals surface area contributed by atoms with Crippen molar-refractivity contribution >= 4 is 0 Å². The molecule has 0 radical (unpaired) electrons. The lowest BCUT2D eigenvalue weighted by Crippen LogP contribution is -2.34. The van der Waals surface area contributed by atoms with Crippen molar-refractivity contribution in [3.05, 3.63) is 35.9 Å². The third-order valence-corrected chi connectivity index (χ3v) is 3.79. The van der Waals surface area contributed by atoms with E-state index in [2.05, 4.69) is 51.4 Å². The van der Waals surface area contributed by atoms with Gasteiger partial charge in [-0.25, -0.2) is 4.98 Å². The van der Waals surface area contributed by atoms with E-state index in [1.165, 1.54) is 6.33 Å². The van der Waals surface area contributed by atoms with E-state index in [0.29, 0.717) is 17.5 Å². The largest absolute Gasteiger partial charge is 0.465 e. The summed E-state index contributed by atoms with van der Waals surface area (Å²) in [4.78, 5) is 8.51. The fraction of sp³-hybridized carbons (Fsp3) is 0.500. The molecule has 3 heterocycles. The van der Waals surface area contributed by atoms with Crippen LogP contribution in [0.5, 0.6) is 0 Å². The van der Waals surface area contributed by atoms with E-state index in [4.69, 9.17) is 8.94 Å². The Morgan fingerprint density at radius 2 is 2.04 bits per heavy atom. The maximum atomic E-state index is 5.71. The van der Waals surface area contributed by atoms with Gasteiger partial charge in [0, 0.05) is 0 Å². The van der Waals surface area contributed by atoms with E-state index in [0.717, 1.165) is 11.5 Å². The van der Waals surface area contributed by atoms with Crippen LogP contribution in [0, 0.1) is 12.3 Å². The van der Waals surface area contributed by atoms with Crippen LogP contribution in [0.2, 0.25) is 0 Å². The molecular weight excluding hydrogens is 308 g/mol. The number of aromatic amines is 1. The Balaban J connectivity index is 1.85. The first kappa shape index (κ1) is 16.4. The van der Waals surface area contributed by atoms with Crippen molar-refractivity contribution in [3.63, 3.8) is 0 Å². The van der Waals surface area contributed by atoms with Crippen LogP contribution >= 0.6 is 0 Å². The lowest BCUT2D eigenvalue weighted by Gasteiger charge is -2.30.